The normalized spacial score (nSPS) is 40.7. The summed E-state index contributed by atoms with van der Waals surface area (Å²) in [5.74, 6) is 0.693. The SMILES string of the molecule is O=C1N[C@H]2CCCCC12. The molecule has 2 aliphatic rings. The van der Waals surface area contributed by atoms with Gasteiger partial charge in [0.2, 0.25) is 5.91 Å². The Morgan fingerprint density at radius 1 is 1.33 bits per heavy atom. The van der Waals surface area contributed by atoms with Crippen LogP contribution in [0, 0.1) is 5.92 Å². The van der Waals surface area contributed by atoms with Crippen molar-refractivity contribution in [3.63, 3.8) is 0 Å². The van der Waals surface area contributed by atoms with Crippen molar-refractivity contribution in [3.05, 3.63) is 0 Å². The summed E-state index contributed by atoms with van der Waals surface area (Å²) in [6.07, 6.45) is 4.92. The summed E-state index contributed by atoms with van der Waals surface area (Å²) in [6, 6.07) is 0.561. The zero-order valence-corrected chi connectivity index (χ0v) is 5.39. The number of fused-ring (bicyclic) bond motifs is 1. The average molecular weight is 125 g/mol. The van der Waals surface area contributed by atoms with Crippen LogP contribution < -0.4 is 5.32 Å². The Kier molecular flexibility index (Phi) is 1.01. The van der Waals surface area contributed by atoms with E-state index < -0.39 is 0 Å². The van der Waals surface area contributed by atoms with E-state index in [1.54, 1.807) is 0 Å². The number of nitrogens with one attached hydrogen (secondary N) is 1. The van der Waals surface area contributed by atoms with Crippen LogP contribution in [0.3, 0.4) is 0 Å². The summed E-state index contributed by atoms with van der Waals surface area (Å²) in [6.45, 7) is 0. The first-order valence-corrected chi connectivity index (χ1v) is 3.68. The van der Waals surface area contributed by atoms with E-state index in [1.807, 2.05) is 0 Å². The quantitative estimate of drug-likeness (QED) is 0.474. The van der Waals surface area contributed by atoms with Gasteiger partial charge in [0.15, 0.2) is 0 Å². The fraction of sp³-hybridized carbons (Fsp3) is 0.857. The molecule has 9 heavy (non-hydrogen) atoms. The highest BCUT2D eigenvalue weighted by atomic mass is 16.2. The molecule has 2 heteroatoms. The Bertz CT molecular complexity index is 144. The van der Waals surface area contributed by atoms with Gasteiger partial charge in [-0.15, -0.1) is 0 Å². The Morgan fingerprint density at radius 2 is 2.11 bits per heavy atom. The number of amides is 1. The van der Waals surface area contributed by atoms with Gasteiger partial charge >= 0.3 is 0 Å². The van der Waals surface area contributed by atoms with E-state index in [2.05, 4.69) is 5.32 Å². The standard InChI is InChI=1S/C7H11NO/c9-7-5-3-1-2-4-6(5)8-7/h5-6H,1-4H2,(H,8,9)/t5?,6-/m0/s1. The molecule has 0 radical (unpaired) electrons. The van der Waals surface area contributed by atoms with Gasteiger partial charge in [-0.2, -0.15) is 0 Å². The van der Waals surface area contributed by atoms with Gasteiger partial charge < -0.3 is 5.32 Å². The molecule has 2 fully saturated rings. The van der Waals surface area contributed by atoms with Gasteiger partial charge in [0.05, 0.1) is 5.92 Å². The molecule has 1 saturated carbocycles. The number of rotatable bonds is 0. The second-order valence-corrected chi connectivity index (χ2v) is 3.01. The highest BCUT2D eigenvalue weighted by Gasteiger charge is 2.39. The maximum absolute atomic E-state index is 10.8. The van der Waals surface area contributed by atoms with Gasteiger partial charge in [0.1, 0.15) is 0 Å². The molecule has 0 bridgehead atoms. The first kappa shape index (κ1) is 5.27. The molecular weight excluding hydrogens is 114 g/mol. The zero-order valence-electron chi connectivity index (χ0n) is 5.39. The molecule has 2 rings (SSSR count). The van der Waals surface area contributed by atoms with Gasteiger partial charge in [-0.3, -0.25) is 4.79 Å². The Balaban J connectivity index is 2.01. The van der Waals surface area contributed by atoms with E-state index in [1.165, 1.54) is 19.3 Å². The first-order valence-electron chi connectivity index (χ1n) is 3.68. The molecule has 1 aliphatic carbocycles. The smallest absolute Gasteiger partial charge is 0.225 e. The summed E-state index contributed by atoms with van der Waals surface area (Å²) in [5, 5.41) is 2.91. The summed E-state index contributed by atoms with van der Waals surface area (Å²) in [5.41, 5.74) is 0. The van der Waals surface area contributed by atoms with Crippen molar-refractivity contribution in [2.75, 3.05) is 0 Å². The van der Waals surface area contributed by atoms with Gasteiger partial charge in [0, 0.05) is 6.04 Å². The summed E-state index contributed by atoms with van der Waals surface area (Å²) < 4.78 is 0. The van der Waals surface area contributed by atoms with Crippen molar-refractivity contribution < 1.29 is 4.79 Å². The van der Waals surface area contributed by atoms with Gasteiger partial charge in [-0.25, -0.2) is 0 Å². The van der Waals surface area contributed by atoms with Crippen LogP contribution in [0.1, 0.15) is 25.7 Å². The molecule has 50 valence electrons. The van der Waals surface area contributed by atoms with Crippen LogP contribution in [0.25, 0.3) is 0 Å². The van der Waals surface area contributed by atoms with E-state index in [0.29, 0.717) is 17.9 Å². The third-order valence-electron chi connectivity index (χ3n) is 2.43. The van der Waals surface area contributed by atoms with Gasteiger partial charge in [0.25, 0.3) is 0 Å². The Morgan fingerprint density at radius 3 is 2.67 bits per heavy atom. The topological polar surface area (TPSA) is 29.1 Å². The molecule has 1 heterocycles. The van der Waals surface area contributed by atoms with E-state index in [0.717, 1.165) is 6.42 Å². The number of carbonyl (C=O) groups excluding carboxylic acids is 1. The zero-order chi connectivity index (χ0) is 6.27. The summed E-state index contributed by atoms with van der Waals surface area (Å²) in [4.78, 5) is 10.8. The van der Waals surface area contributed by atoms with E-state index in [4.69, 9.17) is 0 Å². The largest absolute Gasteiger partial charge is 0.352 e. The number of β-lactam (4-membered cyclic amide) rings is 1. The van der Waals surface area contributed by atoms with E-state index in [-0.39, 0.29) is 0 Å². The highest BCUT2D eigenvalue weighted by Crippen LogP contribution is 2.30. The first-order chi connectivity index (χ1) is 4.38. The average Bonchev–Trinajstić information content (AvgIpc) is 1.86. The van der Waals surface area contributed by atoms with Crippen molar-refractivity contribution in [3.8, 4) is 0 Å². The molecule has 0 aromatic carbocycles. The lowest BCUT2D eigenvalue weighted by Gasteiger charge is -2.40. The van der Waals surface area contributed by atoms with E-state index >= 15 is 0 Å². The molecule has 1 amide bonds. The molecule has 1 N–H and O–H groups in total. The molecule has 2 nitrogen and oxygen atoms in total. The van der Waals surface area contributed by atoms with Crippen molar-refractivity contribution in [2.24, 2.45) is 5.92 Å². The minimum atomic E-state index is 0.291. The predicted octanol–water partition coefficient (Wildman–Crippen LogP) is 0.675. The van der Waals surface area contributed by atoms with Crippen molar-refractivity contribution in [1.82, 2.24) is 5.32 Å². The lowest BCUT2D eigenvalue weighted by Crippen LogP contribution is -2.59. The molecule has 1 unspecified atom stereocenters. The minimum Gasteiger partial charge on any atom is -0.352 e. The fourth-order valence-corrected chi connectivity index (χ4v) is 1.81. The monoisotopic (exact) mass is 125 g/mol. The molecule has 1 saturated heterocycles. The number of hydrogen-bond acceptors (Lipinski definition) is 1. The van der Waals surface area contributed by atoms with Crippen molar-refractivity contribution in [1.29, 1.82) is 0 Å². The van der Waals surface area contributed by atoms with Crippen LogP contribution in [-0.4, -0.2) is 11.9 Å². The predicted molar refractivity (Wildman–Crippen MR) is 33.9 cm³/mol. The van der Waals surface area contributed by atoms with E-state index in [9.17, 15) is 4.79 Å². The fourth-order valence-electron chi connectivity index (χ4n) is 1.81. The Labute approximate surface area is 54.6 Å². The van der Waals surface area contributed by atoms with Crippen LogP contribution in [0.5, 0.6) is 0 Å². The molecule has 0 spiro atoms. The van der Waals surface area contributed by atoms with Crippen molar-refractivity contribution >= 4 is 5.91 Å². The van der Waals surface area contributed by atoms with Crippen LogP contribution in [0.2, 0.25) is 0 Å². The third kappa shape index (κ3) is 0.655. The lowest BCUT2D eigenvalue weighted by atomic mass is 9.78. The molecule has 0 aromatic rings. The molecule has 2 atom stereocenters. The lowest BCUT2D eigenvalue weighted by molar-refractivity contribution is -0.136. The van der Waals surface area contributed by atoms with Crippen LogP contribution in [-0.2, 0) is 4.79 Å². The number of carbonyl (C=O) groups is 1. The summed E-state index contributed by atoms with van der Waals surface area (Å²) >= 11 is 0. The van der Waals surface area contributed by atoms with Gasteiger partial charge in [-0.1, -0.05) is 12.8 Å². The number of hydrogen-bond donors (Lipinski definition) is 1. The van der Waals surface area contributed by atoms with Crippen LogP contribution >= 0.6 is 0 Å². The highest BCUT2D eigenvalue weighted by molar-refractivity contribution is 5.85. The minimum absolute atomic E-state index is 0.291. The maximum atomic E-state index is 10.8. The van der Waals surface area contributed by atoms with Crippen molar-refractivity contribution in [2.45, 2.75) is 31.7 Å². The molecular formula is C7H11NO. The van der Waals surface area contributed by atoms with Crippen LogP contribution in [0.15, 0.2) is 0 Å². The van der Waals surface area contributed by atoms with Gasteiger partial charge in [-0.05, 0) is 12.8 Å². The van der Waals surface area contributed by atoms with Crippen LogP contribution in [0.4, 0.5) is 0 Å². The molecule has 1 aliphatic heterocycles. The maximum Gasteiger partial charge on any atom is 0.225 e. The molecule has 0 aromatic heterocycles. The second-order valence-electron chi connectivity index (χ2n) is 3.01. The summed E-state index contributed by atoms with van der Waals surface area (Å²) in [7, 11) is 0. The Hall–Kier alpha value is -0.530. The third-order valence-corrected chi connectivity index (χ3v) is 2.43. The second kappa shape index (κ2) is 1.72.